The van der Waals surface area contributed by atoms with Gasteiger partial charge in [0.1, 0.15) is 12.4 Å². The number of carbonyl (C=O) groups excluding carboxylic acids is 1. The van der Waals surface area contributed by atoms with Crippen molar-refractivity contribution in [2.75, 3.05) is 11.9 Å². The molecule has 2 heterocycles. The summed E-state index contributed by atoms with van der Waals surface area (Å²) in [5.74, 6) is 1.43. The molecule has 1 aliphatic carbocycles. The number of rotatable bonds is 4. The molecule has 0 saturated carbocycles. The highest BCUT2D eigenvalue weighted by Gasteiger charge is 2.21. The highest BCUT2D eigenvalue weighted by Crippen LogP contribution is 2.26. The maximum atomic E-state index is 11.2. The van der Waals surface area contributed by atoms with Gasteiger partial charge in [0, 0.05) is 18.2 Å². The minimum atomic E-state index is -0.0972. The zero-order chi connectivity index (χ0) is 17.2. The van der Waals surface area contributed by atoms with Crippen LogP contribution in [0.1, 0.15) is 19.2 Å². The lowest BCUT2D eigenvalue weighted by atomic mass is 10.1. The van der Waals surface area contributed by atoms with Crippen molar-refractivity contribution in [1.29, 1.82) is 0 Å². The molecule has 0 atom stereocenters. The number of benzene rings is 1. The number of fused-ring (bicyclic) bond motifs is 1. The lowest BCUT2D eigenvalue weighted by Crippen LogP contribution is -2.07. The number of anilines is 1. The molecule has 4 rings (SSSR count). The third kappa shape index (κ3) is 3.24. The molecule has 1 aromatic heterocycles. The van der Waals surface area contributed by atoms with E-state index in [0.29, 0.717) is 18.9 Å². The van der Waals surface area contributed by atoms with Crippen LogP contribution in [0.25, 0.3) is 11.3 Å². The average Bonchev–Trinajstić information content (AvgIpc) is 3.29. The summed E-state index contributed by atoms with van der Waals surface area (Å²) in [6.45, 7) is 2.05. The largest absolute Gasteiger partial charge is 0.475 e. The molecule has 1 aliphatic heterocycles. The summed E-state index contributed by atoms with van der Waals surface area (Å²) >= 11 is 0. The first-order chi connectivity index (χ1) is 12.2. The molecule has 0 saturated heterocycles. The Morgan fingerprint density at radius 1 is 1.40 bits per heavy atom. The molecule has 0 spiro atoms. The van der Waals surface area contributed by atoms with Gasteiger partial charge in [-0.3, -0.25) is 4.79 Å². The fourth-order valence-corrected chi connectivity index (χ4v) is 2.91. The fraction of sp³-hybridized carbons (Fsp3) is 0.211. The maximum absolute atomic E-state index is 11.2. The topological polar surface area (TPSA) is 68.5 Å². The van der Waals surface area contributed by atoms with Crippen LogP contribution >= 0.6 is 0 Å². The Bertz CT molecular complexity index is 921. The van der Waals surface area contributed by atoms with Gasteiger partial charge in [-0.15, -0.1) is 5.10 Å². The second kappa shape index (κ2) is 6.39. The molecule has 1 amide bonds. The van der Waals surface area contributed by atoms with E-state index in [1.54, 1.807) is 6.20 Å². The summed E-state index contributed by atoms with van der Waals surface area (Å²) in [4.78, 5) is 15.7. The van der Waals surface area contributed by atoms with Crippen molar-refractivity contribution in [1.82, 2.24) is 9.66 Å². The van der Waals surface area contributed by atoms with Crippen LogP contribution in [0.15, 0.2) is 59.4 Å². The van der Waals surface area contributed by atoms with Crippen LogP contribution in [0.4, 0.5) is 5.69 Å². The average molecular weight is 334 g/mol. The van der Waals surface area contributed by atoms with E-state index < -0.39 is 0 Å². The third-order valence-electron chi connectivity index (χ3n) is 4.08. The Morgan fingerprint density at radius 2 is 2.32 bits per heavy atom. The monoisotopic (exact) mass is 334 g/mol. The lowest BCUT2D eigenvalue weighted by Gasteiger charge is -2.06. The summed E-state index contributed by atoms with van der Waals surface area (Å²) in [5.41, 5.74) is 3.82. The van der Waals surface area contributed by atoms with Crippen molar-refractivity contribution in [2.45, 2.75) is 19.8 Å². The molecule has 1 N–H and O–H groups in total. The summed E-state index contributed by atoms with van der Waals surface area (Å²) in [7, 11) is 0. The van der Waals surface area contributed by atoms with Crippen LogP contribution in [0.3, 0.4) is 0 Å². The van der Waals surface area contributed by atoms with Crippen molar-refractivity contribution in [3.63, 3.8) is 0 Å². The van der Waals surface area contributed by atoms with Gasteiger partial charge in [-0.05, 0) is 24.1 Å². The van der Waals surface area contributed by atoms with E-state index in [4.69, 9.17) is 4.74 Å². The van der Waals surface area contributed by atoms with Gasteiger partial charge >= 0.3 is 0 Å². The van der Waals surface area contributed by atoms with E-state index in [-0.39, 0.29) is 5.91 Å². The van der Waals surface area contributed by atoms with Crippen LogP contribution in [0, 0.1) is 0 Å². The standard InChI is InChI=1S/C19H18N4O2/c1-13(24)21-16-8-4-7-15(9-16)17-11-20-18-10-19(22-23(17)18)25-12-14-5-2-3-6-14/h2-5,7-9,11H,6,10,12H2,1H3,(H,21,24). The first-order valence-corrected chi connectivity index (χ1v) is 8.19. The zero-order valence-corrected chi connectivity index (χ0v) is 13.9. The number of ether oxygens (including phenoxy) is 1. The molecule has 126 valence electrons. The van der Waals surface area contributed by atoms with Gasteiger partial charge in [0.15, 0.2) is 0 Å². The molecule has 2 aromatic rings. The van der Waals surface area contributed by atoms with E-state index in [0.717, 1.165) is 29.2 Å². The Hall–Kier alpha value is -3.15. The molecule has 6 heteroatoms. The summed E-state index contributed by atoms with van der Waals surface area (Å²) < 4.78 is 7.63. The zero-order valence-electron chi connectivity index (χ0n) is 13.9. The van der Waals surface area contributed by atoms with E-state index >= 15 is 0 Å². The molecule has 25 heavy (non-hydrogen) atoms. The molecule has 0 bridgehead atoms. The van der Waals surface area contributed by atoms with Crippen molar-refractivity contribution < 1.29 is 9.53 Å². The minimum Gasteiger partial charge on any atom is -0.475 e. The van der Waals surface area contributed by atoms with Gasteiger partial charge in [-0.2, -0.15) is 0 Å². The molecule has 6 nitrogen and oxygen atoms in total. The van der Waals surface area contributed by atoms with Crippen LogP contribution in [0.5, 0.6) is 0 Å². The van der Waals surface area contributed by atoms with Crippen molar-refractivity contribution in [3.05, 3.63) is 60.1 Å². The second-order valence-corrected chi connectivity index (χ2v) is 6.05. The predicted molar refractivity (Wildman–Crippen MR) is 96.3 cm³/mol. The van der Waals surface area contributed by atoms with Gasteiger partial charge in [-0.25, -0.2) is 9.66 Å². The number of hydrogen-bond donors (Lipinski definition) is 1. The number of nitrogens with one attached hydrogen (secondary N) is 1. The highest BCUT2D eigenvalue weighted by atomic mass is 16.5. The molecule has 2 aliphatic rings. The van der Waals surface area contributed by atoms with Crippen LogP contribution in [0.2, 0.25) is 0 Å². The van der Waals surface area contributed by atoms with Crippen LogP contribution in [-0.2, 0) is 16.0 Å². The van der Waals surface area contributed by atoms with Crippen LogP contribution < -0.4 is 5.32 Å². The molecule has 0 radical (unpaired) electrons. The van der Waals surface area contributed by atoms with Crippen LogP contribution in [-0.4, -0.2) is 28.1 Å². The Morgan fingerprint density at radius 3 is 3.12 bits per heavy atom. The lowest BCUT2D eigenvalue weighted by molar-refractivity contribution is -0.114. The van der Waals surface area contributed by atoms with E-state index in [2.05, 4.69) is 27.6 Å². The number of nitrogens with zero attached hydrogens (tertiary/aromatic N) is 3. The van der Waals surface area contributed by atoms with Gasteiger partial charge in [0.05, 0.1) is 18.3 Å². The molecule has 1 aromatic carbocycles. The van der Waals surface area contributed by atoms with E-state index in [1.165, 1.54) is 12.5 Å². The molecule has 0 fully saturated rings. The number of amides is 1. The number of carbonyl (C=O) groups is 1. The van der Waals surface area contributed by atoms with Crippen molar-refractivity contribution in [3.8, 4) is 11.3 Å². The normalized spacial score (nSPS) is 14.9. The van der Waals surface area contributed by atoms with Gasteiger partial charge in [0.25, 0.3) is 0 Å². The molecular weight excluding hydrogens is 316 g/mol. The van der Waals surface area contributed by atoms with Crippen molar-refractivity contribution >= 4 is 17.5 Å². The quantitative estimate of drug-likeness (QED) is 0.934. The molecule has 0 unspecified atom stereocenters. The van der Waals surface area contributed by atoms with Crippen molar-refractivity contribution in [2.24, 2.45) is 5.10 Å². The van der Waals surface area contributed by atoms with E-state index in [1.807, 2.05) is 35.0 Å². The second-order valence-electron chi connectivity index (χ2n) is 6.05. The van der Waals surface area contributed by atoms with Gasteiger partial charge in [-0.1, -0.05) is 30.4 Å². The Kier molecular flexibility index (Phi) is 3.93. The Labute approximate surface area is 145 Å². The summed E-state index contributed by atoms with van der Waals surface area (Å²) in [6.07, 6.45) is 9.56. The predicted octanol–water partition coefficient (Wildman–Crippen LogP) is 3.13. The first-order valence-electron chi connectivity index (χ1n) is 8.19. The maximum Gasteiger partial charge on any atom is 0.221 e. The number of allylic oxidation sites excluding steroid dienone is 3. The molecular formula is C19H18N4O2. The summed E-state index contributed by atoms with van der Waals surface area (Å²) in [6, 6.07) is 7.64. The number of aromatic nitrogens is 2. The smallest absolute Gasteiger partial charge is 0.221 e. The number of imidazole rings is 1. The van der Waals surface area contributed by atoms with Gasteiger partial charge in [0.2, 0.25) is 11.8 Å². The van der Waals surface area contributed by atoms with E-state index in [9.17, 15) is 4.79 Å². The Balaban J connectivity index is 1.53. The SMILES string of the molecule is CC(=O)Nc1cccc(-c2cnc3n2N=C(OCC2=CC=CC2)C3)c1. The fourth-order valence-electron chi connectivity index (χ4n) is 2.91. The van der Waals surface area contributed by atoms with Gasteiger partial charge < -0.3 is 10.1 Å². The first kappa shape index (κ1) is 15.4. The summed E-state index contributed by atoms with van der Waals surface area (Å²) in [5, 5.41) is 7.35. The minimum absolute atomic E-state index is 0.0972. The third-order valence-corrected chi connectivity index (χ3v) is 4.08. The highest BCUT2D eigenvalue weighted by molar-refractivity contribution is 5.89. The number of hydrogen-bond acceptors (Lipinski definition) is 4.